The molecule has 1 saturated heterocycles. The van der Waals surface area contributed by atoms with Gasteiger partial charge in [-0.25, -0.2) is 4.79 Å². The van der Waals surface area contributed by atoms with E-state index >= 15 is 0 Å². The van der Waals surface area contributed by atoms with Crippen LogP contribution in [0.2, 0.25) is 0 Å². The molecule has 0 bridgehead atoms. The molecule has 8 nitrogen and oxygen atoms in total. The first-order valence-corrected chi connectivity index (χ1v) is 9.43. The van der Waals surface area contributed by atoms with Gasteiger partial charge in [-0.2, -0.15) is 0 Å². The molecule has 28 heavy (non-hydrogen) atoms. The van der Waals surface area contributed by atoms with E-state index in [1.807, 2.05) is 44.2 Å². The molecule has 1 fully saturated rings. The minimum atomic E-state index is -1.12. The fraction of sp³-hybridized carbons (Fsp3) is 0.500. The lowest BCUT2D eigenvalue weighted by Crippen LogP contribution is -2.55. The van der Waals surface area contributed by atoms with Crippen molar-refractivity contribution < 1.29 is 24.3 Å². The largest absolute Gasteiger partial charge is 0.480 e. The number of carbonyl (C=O) groups excluding carboxylic acids is 3. The minimum Gasteiger partial charge on any atom is -0.480 e. The van der Waals surface area contributed by atoms with Crippen LogP contribution >= 0.6 is 0 Å². The molecule has 1 aliphatic heterocycles. The Labute approximate surface area is 164 Å². The van der Waals surface area contributed by atoms with Gasteiger partial charge in [0.1, 0.15) is 18.1 Å². The van der Waals surface area contributed by atoms with Gasteiger partial charge in [0.15, 0.2) is 0 Å². The van der Waals surface area contributed by atoms with Crippen molar-refractivity contribution in [2.24, 2.45) is 5.92 Å². The Morgan fingerprint density at radius 3 is 2.36 bits per heavy atom. The fourth-order valence-corrected chi connectivity index (χ4v) is 3.11. The van der Waals surface area contributed by atoms with Crippen LogP contribution in [0.3, 0.4) is 0 Å². The molecule has 152 valence electrons. The summed E-state index contributed by atoms with van der Waals surface area (Å²) in [5.74, 6) is -2.24. The van der Waals surface area contributed by atoms with Gasteiger partial charge in [0.05, 0.1) is 0 Å². The standard InChI is InChI=1S/C20H27N3O5/c1-12(2)10-16(20(27)28)23-19(26)15(11-13-6-4-3-5-7-13)22-18(25)14-8-9-17(24)21-14/h3-7,12,14-16H,8-11H2,1-2H3,(H,21,24)(H,22,25)(H,23,26)(H,27,28)/t14-,15-,16-/m0/s1. The van der Waals surface area contributed by atoms with Gasteiger partial charge in [-0.15, -0.1) is 0 Å². The van der Waals surface area contributed by atoms with Crippen molar-refractivity contribution in [3.8, 4) is 0 Å². The second-order valence-corrected chi connectivity index (χ2v) is 7.44. The van der Waals surface area contributed by atoms with E-state index < -0.39 is 35.9 Å². The molecule has 0 radical (unpaired) electrons. The second-order valence-electron chi connectivity index (χ2n) is 7.44. The highest BCUT2D eigenvalue weighted by Gasteiger charge is 2.32. The van der Waals surface area contributed by atoms with E-state index in [9.17, 15) is 24.3 Å². The Hall–Kier alpha value is -2.90. The van der Waals surface area contributed by atoms with Crippen molar-refractivity contribution >= 4 is 23.7 Å². The van der Waals surface area contributed by atoms with Crippen LogP contribution in [0.15, 0.2) is 30.3 Å². The topological polar surface area (TPSA) is 125 Å². The number of nitrogens with one attached hydrogen (secondary N) is 3. The molecule has 3 amide bonds. The first-order chi connectivity index (χ1) is 13.3. The Bertz CT molecular complexity index is 720. The van der Waals surface area contributed by atoms with Crippen LogP contribution in [0, 0.1) is 5.92 Å². The molecule has 0 saturated carbocycles. The van der Waals surface area contributed by atoms with Crippen molar-refractivity contribution in [1.82, 2.24) is 16.0 Å². The Balaban J connectivity index is 2.11. The van der Waals surface area contributed by atoms with E-state index in [4.69, 9.17) is 0 Å². The smallest absolute Gasteiger partial charge is 0.326 e. The maximum atomic E-state index is 12.8. The molecule has 1 aromatic carbocycles. The van der Waals surface area contributed by atoms with Crippen molar-refractivity contribution in [2.75, 3.05) is 0 Å². The number of carboxylic acids is 1. The van der Waals surface area contributed by atoms with Crippen molar-refractivity contribution in [3.05, 3.63) is 35.9 Å². The molecule has 1 heterocycles. The molecule has 4 N–H and O–H groups in total. The van der Waals surface area contributed by atoms with Crippen LogP contribution in [-0.4, -0.2) is 46.9 Å². The Morgan fingerprint density at radius 1 is 1.14 bits per heavy atom. The van der Waals surface area contributed by atoms with E-state index in [1.54, 1.807) is 0 Å². The molecule has 0 aromatic heterocycles. The molecular weight excluding hydrogens is 362 g/mol. The van der Waals surface area contributed by atoms with E-state index in [-0.39, 0.29) is 31.1 Å². The number of benzene rings is 1. The molecule has 0 spiro atoms. The number of hydrogen-bond acceptors (Lipinski definition) is 4. The van der Waals surface area contributed by atoms with Gasteiger partial charge in [0.2, 0.25) is 17.7 Å². The van der Waals surface area contributed by atoms with E-state index in [0.717, 1.165) is 5.56 Å². The maximum absolute atomic E-state index is 12.8. The highest BCUT2D eigenvalue weighted by atomic mass is 16.4. The van der Waals surface area contributed by atoms with Crippen molar-refractivity contribution in [2.45, 2.75) is 57.7 Å². The number of carbonyl (C=O) groups is 4. The lowest BCUT2D eigenvalue weighted by atomic mass is 10.0. The molecule has 0 unspecified atom stereocenters. The molecule has 2 rings (SSSR count). The zero-order chi connectivity index (χ0) is 20.7. The quantitative estimate of drug-likeness (QED) is 0.492. The summed E-state index contributed by atoms with van der Waals surface area (Å²) in [7, 11) is 0. The van der Waals surface area contributed by atoms with Crippen LogP contribution in [0.4, 0.5) is 0 Å². The molecule has 1 aliphatic rings. The van der Waals surface area contributed by atoms with Crippen LogP contribution in [0.1, 0.15) is 38.7 Å². The summed E-state index contributed by atoms with van der Waals surface area (Å²) in [6.45, 7) is 3.74. The molecule has 8 heteroatoms. The predicted octanol–water partition coefficient (Wildman–Crippen LogP) is 0.608. The second kappa shape index (κ2) is 9.87. The first-order valence-electron chi connectivity index (χ1n) is 9.43. The summed E-state index contributed by atoms with van der Waals surface area (Å²) < 4.78 is 0. The number of carboxylic acid groups (broad SMARTS) is 1. The Morgan fingerprint density at radius 2 is 1.82 bits per heavy atom. The molecule has 0 aliphatic carbocycles. The average molecular weight is 389 g/mol. The lowest BCUT2D eigenvalue weighted by Gasteiger charge is -2.23. The highest BCUT2D eigenvalue weighted by Crippen LogP contribution is 2.10. The predicted molar refractivity (Wildman–Crippen MR) is 102 cm³/mol. The first kappa shape index (κ1) is 21.4. The number of rotatable bonds is 9. The Kier molecular flexibility index (Phi) is 7.54. The summed E-state index contributed by atoms with van der Waals surface area (Å²) in [5, 5.41) is 17.1. The monoisotopic (exact) mass is 389 g/mol. The van der Waals surface area contributed by atoms with Crippen molar-refractivity contribution in [1.29, 1.82) is 0 Å². The zero-order valence-corrected chi connectivity index (χ0v) is 16.1. The number of hydrogen-bond donors (Lipinski definition) is 4. The van der Waals surface area contributed by atoms with Gasteiger partial charge in [0, 0.05) is 12.8 Å². The SMILES string of the molecule is CC(C)C[C@H](NC(=O)[C@H](Cc1ccccc1)NC(=O)[C@@H]1CCC(=O)N1)C(=O)O. The van der Waals surface area contributed by atoms with Gasteiger partial charge in [-0.05, 0) is 24.3 Å². The highest BCUT2D eigenvalue weighted by molar-refractivity contribution is 5.95. The number of aliphatic carboxylic acids is 1. The minimum absolute atomic E-state index is 0.0808. The van der Waals surface area contributed by atoms with Gasteiger partial charge >= 0.3 is 5.97 Å². The van der Waals surface area contributed by atoms with Crippen LogP contribution < -0.4 is 16.0 Å². The number of amides is 3. The third kappa shape index (κ3) is 6.37. The summed E-state index contributed by atoms with van der Waals surface area (Å²) in [6, 6.07) is 6.48. The van der Waals surface area contributed by atoms with E-state index in [0.29, 0.717) is 6.42 Å². The third-order valence-corrected chi connectivity index (χ3v) is 4.55. The van der Waals surface area contributed by atoms with Crippen LogP contribution in [-0.2, 0) is 25.6 Å². The summed E-state index contributed by atoms with van der Waals surface area (Å²) in [6.07, 6.45) is 1.14. The summed E-state index contributed by atoms with van der Waals surface area (Å²) >= 11 is 0. The lowest BCUT2D eigenvalue weighted by molar-refractivity contribution is -0.142. The van der Waals surface area contributed by atoms with Crippen LogP contribution in [0.25, 0.3) is 0 Å². The average Bonchev–Trinajstić information content (AvgIpc) is 3.07. The van der Waals surface area contributed by atoms with Gasteiger partial charge in [0.25, 0.3) is 0 Å². The van der Waals surface area contributed by atoms with Gasteiger partial charge < -0.3 is 21.1 Å². The van der Waals surface area contributed by atoms with Gasteiger partial charge in [-0.1, -0.05) is 44.2 Å². The normalized spacial score (nSPS) is 18.2. The van der Waals surface area contributed by atoms with E-state index in [2.05, 4.69) is 16.0 Å². The van der Waals surface area contributed by atoms with E-state index in [1.165, 1.54) is 0 Å². The van der Waals surface area contributed by atoms with Crippen LogP contribution in [0.5, 0.6) is 0 Å². The summed E-state index contributed by atoms with van der Waals surface area (Å²) in [4.78, 5) is 48.1. The summed E-state index contributed by atoms with van der Waals surface area (Å²) in [5.41, 5.74) is 0.828. The van der Waals surface area contributed by atoms with Gasteiger partial charge in [-0.3, -0.25) is 14.4 Å². The maximum Gasteiger partial charge on any atom is 0.326 e. The fourth-order valence-electron chi connectivity index (χ4n) is 3.11. The van der Waals surface area contributed by atoms with Crippen molar-refractivity contribution in [3.63, 3.8) is 0 Å². The molecule has 3 atom stereocenters. The molecule has 1 aromatic rings. The third-order valence-electron chi connectivity index (χ3n) is 4.55. The molecular formula is C20H27N3O5. The zero-order valence-electron chi connectivity index (χ0n) is 16.1.